The van der Waals surface area contributed by atoms with E-state index in [1.54, 1.807) is 6.92 Å². The second kappa shape index (κ2) is 13.0. The zero-order valence-electron chi connectivity index (χ0n) is 20.5. The van der Waals surface area contributed by atoms with Gasteiger partial charge in [-0.3, -0.25) is 14.7 Å². The van der Waals surface area contributed by atoms with E-state index in [2.05, 4.69) is 41.0 Å². The molecule has 2 saturated carbocycles. The molecule has 4 rings (SSSR count). The first-order valence-corrected chi connectivity index (χ1v) is 14.0. The summed E-state index contributed by atoms with van der Waals surface area (Å²) in [7, 11) is 0. The molecule has 184 valence electrons. The van der Waals surface area contributed by atoms with Crippen LogP contribution in [-0.2, 0) is 11.2 Å². The van der Waals surface area contributed by atoms with Crippen molar-refractivity contribution in [2.75, 3.05) is 10.7 Å². The lowest BCUT2D eigenvalue weighted by molar-refractivity contribution is -0.117. The van der Waals surface area contributed by atoms with E-state index >= 15 is 0 Å². The Hall–Kier alpha value is -1.20. The molecule has 1 aromatic rings. The van der Waals surface area contributed by atoms with Crippen molar-refractivity contribution in [3.8, 4) is 0 Å². The summed E-state index contributed by atoms with van der Waals surface area (Å²) >= 11 is 1.88. The highest BCUT2D eigenvalue weighted by molar-refractivity contribution is 8.14. The maximum Gasteiger partial charge on any atom is 0.225 e. The molecule has 0 radical (unpaired) electrons. The summed E-state index contributed by atoms with van der Waals surface area (Å²) in [5.41, 5.74) is 2.40. The second-order valence-corrected chi connectivity index (χ2v) is 10.8. The van der Waals surface area contributed by atoms with Crippen molar-refractivity contribution in [2.45, 2.75) is 116 Å². The van der Waals surface area contributed by atoms with E-state index in [1.165, 1.54) is 87.8 Å². The Morgan fingerprint density at radius 3 is 2.27 bits per heavy atom. The number of amidine groups is 1. The third-order valence-corrected chi connectivity index (χ3v) is 8.45. The molecule has 1 aromatic carbocycles. The van der Waals surface area contributed by atoms with Gasteiger partial charge in [0.1, 0.15) is 6.17 Å². The summed E-state index contributed by atoms with van der Waals surface area (Å²) in [6.07, 6.45) is 16.4. The first-order valence-electron chi connectivity index (χ1n) is 13.0. The van der Waals surface area contributed by atoms with Crippen molar-refractivity contribution in [2.24, 2.45) is 4.99 Å². The molecule has 0 bridgehead atoms. The molecule has 0 aromatic heterocycles. The minimum Gasteiger partial charge on any atom is -0.327 e. The molecule has 1 amide bonds. The van der Waals surface area contributed by atoms with Gasteiger partial charge < -0.3 is 4.90 Å². The molecule has 1 aliphatic heterocycles. The molecule has 3 fully saturated rings. The fraction of sp³-hybridized carbons (Fsp3) is 0.704. The smallest absolute Gasteiger partial charge is 0.225 e. The van der Waals surface area contributed by atoms with Crippen LogP contribution in [0.15, 0.2) is 29.3 Å². The van der Waals surface area contributed by atoms with Crippen molar-refractivity contribution in [1.29, 1.82) is 0 Å². The minimum absolute atomic E-state index is 0. The van der Waals surface area contributed by atoms with Crippen LogP contribution in [-0.4, -0.2) is 40.0 Å². The molecule has 6 heteroatoms. The van der Waals surface area contributed by atoms with Gasteiger partial charge in [-0.25, -0.2) is 0 Å². The quantitative estimate of drug-likeness (QED) is 0.404. The second-order valence-electron chi connectivity index (χ2n) is 9.85. The zero-order valence-corrected chi connectivity index (χ0v) is 22.1. The molecule has 0 spiro atoms. The number of carbonyl (C=O) groups excluding carboxylic acids is 1. The van der Waals surface area contributed by atoms with Gasteiger partial charge in [0.2, 0.25) is 5.91 Å². The topological polar surface area (TPSA) is 35.9 Å². The van der Waals surface area contributed by atoms with E-state index in [0.29, 0.717) is 12.1 Å². The van der Waals surface area contributed by atoms with Crippen LogP contribution in [0.1, 0.15) is 96.5 Å². The number of hydrogen-bond donors (Lipinski definition) is 0. The predicted molar refractivity (Wildman–Crippen MR) is 145 cm³/mol. The molecule has 33 heavy (non-hydrogen) atoms. The zero-order chi connectivity index (χ0) is 22.3. The number of unbranched alkanes of at least 4 members (excludes halogenated alkanes) is 1. The molecular formula is C27H42ClN3OS. The highest BCUT2D eigenvalue weighted by atomic mass is 35.5. The summed E-state index contributed by atoms with van der Waals surface area (Å²) < 4.78 is 0. The highest BCUT2D eigenvalue weighted by Crippen LogP contribution is 2.37. The van der Waals surface area contributed by atoms with Gasteiger partial charge in [-0.2, -0.15) is 0 Å². The number of aliphatic imine (C=N–C) groups is 1. The number of carbonyl (C=O) groups is 1. The number of benzene rings is 1. The normalized spacial score (nSPS) is 23.5. The van der Waals surface area contributed by atoms with Crippen LogP contribution in [0.2, 0.25) is 0 Å². The lowest BCUT2D eigenvalue weighted by Crippen LogP contribution is -2.54. The maximum atomic E-state index is 13.0. The fourth-order valence-electron chi connectivity index (χ4n) is 5.63. The standard InChI is InChI=1S/C27H41N3OS.ClH/c1-3-4-11-22-16-18-25(19-17-22)29(21(2)31)26-20-32-27(28-23-12-7-5-8-13-23)30(26)24-14-9-6-10-15-24;/h16-19,23-24,26H,3-15,20H2,1-2H3;1H. The summed E-state index contributed by atoms with van der Waals surface area (Å²) in [4.78, 5) is 22.9. The fourth-order valence-corrected chi connectivity index (χ4v) is 6.88. The van der Waals surface area contributed by atoms with E-state index in [-0.39, 0.29) is 24.5 Å². The molecule has 4 nitrogen and oxygen atoms in total. The van der Waals surface area contributed by atoms with Crippen molar-refractivity contribution in [3.05, 3.63) is 29.8 Å². The number of amides is 1. The molecule has 3 aliphatic rings. The van der Waals surface area contributed by atoms with Crippen LogP contribution in [0, 0.1) is 0 Å². The van der Waals surface area contributed by atoms with Gasteiger partial charge >= 0.3 is 0 Å². The van der Waals surface area contributed by atoms with Crippen molar-refractivity contribution in [3.63, 3.8) is 0 Å². The molecule has 2 aliphatic carbocycles. The minimum atomic E-state index is 0. The molecule has 0 N–H and O–H groups in total. The Balaban J connectivity index is 0.00000306. The van der Waals surface area contributed by atoms with Gasteiger partial charge in [0.05, 0.1) is 6.04 Å². The van der Waals surface area contributed by atoms with E-state index in [1.807, 2.05) is 11.8 Å². The largest absolute Gasteiger partial charge is 0.327 e. The Morgan fingerprint density at radius 1 is 1.03 bits per heavy atom. The van der Waals surface area contributed by atoms with E-state index < -0.39 is 0 Å². The maximum absolute atomic E-state index is 13.0. The van der Waals surface area contributed by atoms with Crippen LogP contribution in [0.3, 0.4) is 0 Å². The van der Waals surface area contributed by atoms with Gasteiger partial charge in [0.25, 0.3) is 0 Å². The average molecular weight is 492 g/mol. The Kier molecular flexibility index (Phi) is 10.4. The van der Waals surface area contributed by atoms with Crippen LogP contribution >= 0.6 is 24.2 Å². The van der Waals surface area contributed by atoms with Crippen LogP contribution in [0.4, 0.5) is 5.69 Å². The molecular weight excluding hydrogens is 450 g/mol. The van der Waals surface area contributed by atoms with Crippen molar-refractivity contribution < 1.29 is 4.79 Å². The molecule has 1 saturated heterocycles. The number of thioether (sulfide) groups is 1. The highest BCUT2D eigenvalue weighted by Gasteiger charge is 2.41. The van der Waals surface area contributed by atoms with Crippen LogP contribution < -0.4 is 4.90 Å². The van der Waals surface area contributed by atoms with E-state index in [4.69, 9.17) is 4.99 Å². The number of rotatable bonds is 7. The third kappa shape index (κ3) is 6.69. The monoisotopic (exact) mass is 491 g/mol. The van der Waals surface area contributed by atoms with Gasteiger partial charge in [-0.15, -0.1) is 12.4 Å². The first-order chi connectivity index (χ1) is 15.7. The van der Waals surface area contributed by atoms with Gasteiger partial charge in [-0.1, -0.05) is 75.8 Å². The van der Waals surface area contributed by atoms with Gasteiger partial charge in [0.15, 0.2) is 5.17 Å². The third-order valence-electron chi connectivity index (χ3n) is 7.41. The average Bonchev–Trinajstić information content (AvgIpc) is 3.22. The molecule has 1 unspecified atom stereocenters. The number of nitrogens with zero attached hydrogens (tertiary/aromatic N) is 3. The van der Waals surface area contributed by atoms with Crippen LogP contribution in [0.5, 0.6) is 0 Å². The molecule has 1 heterocycles. The summed E-state index contributed by atoms with van der Waals surface area (Å²) in [6, 6.07) is 9.73. The number of hydrogen-bond acceptors (Lipinski definition) is 3. The number of aryl methyl sites for hydroxylation is 1. The van der Waals surface area contributed by atoms with E-state index in [0.717, 1.165) is 17.9 Å². The van der Waals surface area contributed by atoms with E-state index in [9.17, 15) is 4.79 Å². The summed E-state index contributed by atoms with van der Waals surface area (Å²) in [5.74, 6) is 1.05. The predicted octanol–water partition coefficient (Wildman–Crippen LogP) is 7.20. The SMILES string of the molecule is CCCCc1ccc(N(C(C)=O)C2CSC(=NC3CCCCC3)N2C2CCCCC2)cc1.Cl. The number of anilines is 1. The lowest BCUT2D eigenvalue weighted by atomic mass is 9.94. The molecule has 1 atom stereocenters. The summed E-state index contributed by atoms with van der Waals surface area (Å²) in [5, 5.41) is 1.21. The number of halogens is 1. The Bertz CT molecular complexity index is 772. The lowest BCUT2D eigenvalue weighted by Gasteiger charge is -2.41. The van der Waals surface area contributed by atoms with Gasteiger partial charge in [-0.05, 0) is 56.2 Å². The van der Waals surface area contributed by atoms with Crippen molar-refractivity contribution in [1.82, 2.24) is 4.90 Å². The summed E-state index contributed by atoms with van der Waals surface area (Å²) in [6.45, 7) is 3.96. The van der Waals surface area contributed by atoms with Crippen LogP contribution in [0.25, 0.3) is 0 Å². The van der Waals surface area contributed by atoms with Gasteiger partial charge in [0, 0.05) is 24.4 Å². The Labute approximate surface area is 211 Å². The first kappa shape index (κ1) is 26.4. The Morgan fingerprint density at radius 2 is 1.67 bits per heavy atom. The van der Waals surface area contributed by atoms with Crippen molar-refractivity contribution >= 4 is 40.9 Å².